The van der Waals surface area contributed by atoms with Crippen LogP contribution in [0, 0.1) is 11.3 Å². The quantitative estimate of drug-likeness (QED) is 0.909. The van der Waals surface area contributed by atoms with Gasteiger partial charge in [0.05, 0.1) is 12.0 Å². The molecule has 1 saturated carbocycles. The SMILES string of the molecule is O=C(N1C[C@@H]2CCOC[C@]2(C(=O)O)C1)C1(c2ccc(Cl)cc2)CC1. The summed E-state index contributed by atoms with van der Waals surface area (Å²) in [6, 6.07) is 7.43. The lowest BCUT2D eigenvalue weighted by Gasteiger charge is -2.33. The summed E-state index contributed by atoms with van der Waals surface area (Å²) < 4.78 is 5.44. The molecule has 1 aromatic carbocycles. The Labute approximate surface area is 145 Å². The molecule has 1 aliphatic carbocycles. The number of benzene rings is 1. The highest BCUT2D eigenvalue weighted by atomic mass is 35.5. The number of carboxylic acids is 1. The average molecular weight is 350 g/mol. The summed E-state index contributed by atoms with van der Waals surface area (Å²) in [6.45, 7) is 1.54. The van der Waals surface area contributed by atoms with E-state index in [4.69, 9.17) is 16.3 Å². The standard InChI is InChI=1S/C18H20ClNO4/c19-14-3-1-12(2-4-14)17(6-7-17)15(21)20-9-13-5-8-24-11-18(13,10-20)16(22)23/h1-4,13H,5-11H2,(H,22,23)/t13-,18+/m0/s1. The van der Waals surface area contributed by atoms with Crippen LogP contribution >= 0.6 is 11.6 Å². The molecule has 3 aliphatic rings. The predicted molar refractivity (Wildman–Crippen MR) is 87.9 cm³/mol. The van der Waals surface area contributed by atoms with Crippen molar-refractivity contribution in [2.75, 3.05) is 26.3 Å². The van der Waals surface area contributed by atoms with E-state index in [9.17, 15) is 14.7 Å². The molecule has 1 N–H and O–H groups in total. The van der Waals surface area contributed by atoms with Crippen molar-refractivity contribution in [3.05, 3.63) is 34.9 Å². The van der Waals surface area contributed by atoms with E-state index in [0.29, 0.717) is 24.6 Å². The maximum atomic E-state index is 13.2. The molecule has 2 saturated heterocycles. The van der Waals surface area contributed by atoms with Crippen molar-refractivity contribution in [2.24, 2.45) is 11.3 Å². The second kappa shape index (κ2) is 5.46. The van der Waals surface area contributed by atoms with Gasteiger partial charge in [-0.25, -0.2) is 0 Å². The van der Waals surface area contributed by atoms with Gasteiger partial charge in [-0.1, -0.05) is 23.7 Å². The Bertz CT molecular complexity index is 685. The number of halogens is 1. The average Bonchev–Trinajstić information content (AvgIpc) is 3.28. The minimum Gasteiger partial charge on any atom is -0.481 e. The van der Waals surface area contributed by atoms with Crippen LogP contribution in [0.15, 0.2) is 24.3 Å². The third kappa shape index (κ3) is 2.25. The van der Waals surface area contributed by atoms with E-state index in [0.717, 1.165) is 18.4 Å². The predicted octanol–water partition coefficient (Wildman–Crippen LogP) is 2.32. The van der Waals surface area contributed by atoms with Gasteiger partial charge in [0.25, 0.3) is 0 Å². The van der Waals surface area contributed by atoms with E-state index in [-0.39, 0.29) is 25.0 Å². The van der Waals surface area contributed by atoms with Crippen LogP contribution in [0.5, 0.6) is 0 Å². The summed E-state index contributed by atoms with van der Waals surface area (Å²) in [5, 5.41) is 10.4. The zero-order chi connectivity index (χ0) is 16.9. The molecule has 24 heavy (non-hydrogen) atoms. The number of hydrogen-bond acceptors (Lipinski definition) is 3. The van der Waals surface area contributed by atoms with E-state index in [1.54, 1.807) is 17.0 Å². The van der Waals surface area contributed by atoms with Gasteiger partial charge >= 0.3 is 5.97 Å². The molecule has 0 aromatic heterocycles. The number of ether oxygens (including phenoxy) is 1. The highest BCUT2D eigenvalue weighted by Crippen LogP contribution is 2.52. The zero-order valence-electron chi connectivity index (χ0n) is 13.3. The number of hydrogen-bond donors (Lipinski definition) is 1. The number of likely N-dealkylation sites (tertiary alicyclic amines) is 1. The number of rotatable bonds is 3. The Morgan fingerprint density at radius 2 is 1.96 bits per heavy atom. The van der Waals surface area contributed by atoms with Crippen LogP contribution in [0.1, 0.15) is 24.8 Å². The van der Waals surface area contributed by atoms with Crippen LogP contribution in [0.25, 0.3) is 0 Å². The highest BCUT2D eigenvalue weighted by molar-refractivity contribution is 6.30. The van der Waals surface area contributed by atoms with E-state index in [1.165, 1.54) is 0 Å². The van der Waals surface area contributed by atoms with Crippen molar-refractivity contribution in [1.82, 2.24) is 4.90 Å². The summed E-state index contributed by atoms with van der Waals surface area (Å²) in [5.41, 5.74) is -0.449. The van der Waals surface area contributed by atoms with Crippen molar-refractivity contribution in [1.29, 1.82) is 0 Å². The molecule has 0 unspecified atom stereocenters. The van der Waals surface area contributed by atoms with E-state index in [2.05, 4.69) is 0 Å². The molecule has 4 rings (SSSR count). The minimum absolute atomic E-state index is 0.0197. The Balaban J connectivity index is 1.59. The van der Waals surface area contributed by atoms with Gasteiger partial charge in [-0.3, -0.25) is 9.59 Å². The Kier molecular flexibility index (Phi) is 3.62. The van der Waals surface area contributed by atoms with Gasteiger partial charge in [0.15, 0.2) is 0 Å². The number of nitrogens with zero attached hydrogens (tertiary/aromatic N) is 1. The van der Waals surface area contributed by atoms with Gasteiger partial charge in [0.1, 0.15) is 5.41 Å². The summed E-state index contributed by atoms with van der Waals surface area (Å²) in [4.78, 5) is 26.8. The molecule has 1 amide bonds. The molecule has 2 aliphatic heterocycles. The number of fused-ring (bicyclic) bond motifs is 1. The number of amides is 1. The van der Waals surface area contributed by atoms with E-state index in [1.807, 2.05) is 12.1 Å². The lowest BCUT2D eigenvalue weighted by Crippen LogP contribution is -2.47. The molecular weight excluding hydrogens is 330 g/mol. The molecule has 3 fully saturated rings. The highest BCUT2D eigenvalue weighted by Gasteiger charge is 2.60. The first-order valence-corrected chi connectivity index (χ1v) is 8.72. The van der Waals surface area contributed by atoms with Crippen molar-refractivity contribution in [2.45, 2.75) is 24.7 Å². The van der Waals surface area contributed by atoms with Crippen LogP contribution in [0.4, 0.5) is 0 Å². The smallest absolute Gasteiger partial charge is 0.314 e. The largest absolute Gasteiger partial charge is 0.481 e. The van der Waals surface area contributed by atoms with Gasteiger partial charge in [-0.05, 0) is 42.9 Å². The number of carboxylic acid groups (broad SMARTS) is 1. The summed E-state index contributed by atoms with van der Waals surface area (Å²) in [7, 11) is 0. The summed E-state index contributed by atoms with van der Waals surface area (Å²) >= 11 is 5.95. The maximum Gasteiger partial charge on any atom is 0.314 e. The van der Waals surface area contributed by atoms with Gasteiger partial charge < -0.3 is 14.7 Å². The van der Waals surface area contributed by atoms with Gasteiger partial charge in [-0.2, -0.15) is 0 Å². The first kappa shape index (κ1) is 15.9. The maximum absolute atomic E-state index is 13.2. The molecule has 0 bridgehead atoms. The third-order valence-corrected chi connectivity index (χ3v) is 6.19. The Morgan fingerprint density at radius 1 is 1.25 bits per heavy atom. The van der Waals surface area contributed by atoms with Crippen LogP contribution in [0.2, 0.25) is 5.02 Å². The molecular formula is C18H20ClNO4. The molecule has 5 nitrogen and oxygen atoms in total. The number of aliphatic carboxylic acids is 1. The molecule has 1 aromatic rings. The van der Waals surface area contributed by atoms with Gasteiger partial charge in [0, 0.05) is 24.7 Å². The number of carbonyl (C=O) groups is 2. The van der Waals surface area contributed by atoms with Gasteiger partial charge in [-0.15, -0.1) is 0 Å². The van der Waals surface area contributed by atoms with E-state index < -0.39 is 16.8 Å². The fourth-order valence-electron chi connectivity index (χ4n) is 4.27. The van der Waals surface area contributed by atoms with Crippen molar-refractivity contribution >= 4 is 23.5 Å². The van der Waals surface area contributed by atoms with Crippen molar-refractivity contribution in [3.8, 4) is 0 Å². The number of carbonyl (C=O) groups excluding carboxylic acids is 1. The molecule has 2 atom stereocenters. The summed E-state index contributed by atoms with van der Waals surface area (Å²) in [6.07, 6.45) is 2.32. The summed E-state index contributed by atoms with van der Waals surface area (Å²) in [5.74, 6) is -0.813. The Morgan fingerprint density at radius 3 is 2.54 bits per heavy atom. The second-order valence-corrected chi connectivity index (χ2v) is 7.71. The topological polar surface area (TPSA) is 66.8 Å². The Hall–Kier alpha value is -1.59. The molecule has 2 heterocycles. The molecule has 128 valence electrons. The second-order valence-electron chi connectivity index (χ2n) is 7.27. The van der Waals surface area contributed by atoms with Crippen molar-refractivity contribution < 1.29 is 19.4 Å². The first-order chi connectivity index (χ1) is 11.5. The lowest BCUT2D eigenvalue weighted by atomic mass is 9.76. The van der Waals surface area contributed by atoms with Crippen LogP contribution in [-0.4, -0.2) is 48.2 Å². The van der Waals surface area contributed by atoms with E-state index >= 15 is 0 Å². The molecule has 0 spiro atoms. The van der Waals surface area contributed by atoms with Crippen molar-refractivity contribution in [3.63, 3.8) is 0 Å². The molecule has 0 radical (unpaired) electrons. The van der Waals surface area contributed by atoms with Crippen LogP contribution in [-0.2, 0) is 19.7 Å². The fraction of sp³-hybridized carbons (Fsp3) is 0.556. The minimum atomic E-state index is -0.940. The monoisotopic (exact) mass is 349 g/mol. The zero-order valence-corrected chi connectivity index (χ0v) is 14.1. The first-order valence-electron chi connectivity index (χ1n) is 8.35. The third-order valence-electron chi connectivity index (χ3n) is 5.93. The van der Waals surface area contributed by atoms with Crippen LogP contribution < -0.4 is 0 Å². The van der Waals surface area contributed by atoms with Crippen LogP contribution in [0.3, 0.4) is 0 Å². The lowest BCUT2D eigenvalue weighted by molar-refractivity contribution is -0.160. The normalized spacial score (nSPS) is 30.7. The van der Waals surface area contributed by atoms with Gasteiger partial charge in [0.2, 0.25) is 5.91 Å². The fourth-order valence-corrected chi connectivity index (χ4v) is 4.39. The molecule has 6 heteroatoms.